The Kier molecular flexibility index (Phi) is 5.06. The van der Waals surface area contributed by atoms with Gasteiger partial charge in [0.05, 0.1) is 5.39 Å². The van der Waals surface area contributed by atoms with E-state index < -0.39 is 0 Å². The highest BCUT2D eigenvalue weighted by Gasteiger charge is 2.16. The van der Waals surface area contributed by atoms with Crippen LogP contribution in [0.3, 0.4) is 0 Å². The van der Waals surface area contributed by atoms with Crippen molar-refractivity contribution in [1.29, 1.82) is 0 Å². The van der Waals surface area contributed by atoms with E-state index in [-0.39, 0.29) is 12.6 Å². The van der Waals surface area contributed by atoms with Gasteiger partial charge in [-0.1, -0.05) is 13.3 Å². The van der Waals surface area contributed by atoms with Gasteiger partial charge in [0, 0.05) is 9.75 Å². The van der Waals surface area contributed by atoms with Crippen LogP contribution in [0.2, 0.25) is 0 Å². The molecule has 3 aromatic rings. The molecular weight excluding hydrogens is 354 g/mol. The van der Waals surface area contributed by atoms with Gasteiger partial charge in [0.25, 0.3) is 0 Å². The monoisotopic (exact) mass is 375 g/mol. The summed E-state index contributed by atoms with van der Waals surface area (Å²) in [6.45, 7) is 8.23. The Hall–Kier alpha value is -1.99. The highest BCUT2D eigenvalue weighted by molar-refractivity contribution is 7.18. The van der Waals surface area contributed by atoms with E-state index >= 15 is 0 Å². The molecule has 0 atom stereocenters. The van der Waals surface area contributed by atoms with E-state index in [0.29, 0.717) is 16.5 Å². The Morgan fingerprint density at radius 3 is 2.68 bits per heavy atom. The normalized spacial score (nSPS) is 11.2. The molecule has 0 aliphatic carbocycles. The molecule has 132 valence electrons. The number of thiophene rings is 2. The van der Waals surface area contributed by atoms with Crippen LogP contribution < -0.4 is 5.73 Å². The summed E-state index contributed by atoms with van der Waals surface area (Å²) in [7, 11) is 0. The van der Waals surface area contributed by atoms with Crippen molar-refractivity contribution in [2.45, 2.75) is 47.1 Å². The Balaban J connectivity index is 1.76. The number of hydrogen-bond acceptors (Lipinski definition) is 7. The van der Waals surface area contributed by atoms with E-state index in [9.17, 15) is 4.79 Å². The number of anilines is 1. The van der Waals surface area contributed by atoms with Crippen LogP contribution >= 0.6 is 22.7 Å². The summed E-state index contributed by atoms with van der Waals surface area (Å²) in [5.41, 5.74) is 8.39. The highest BCUT2D eigenvalue weighted by Crippen LogP contribution is 2.32. The first-order valence-corrected chi connectivity index (χ1v) is 9.82. The molecule has 0 saturated carbocycles. The zero-order valence-corrected chi connectivity index (χ0v) is 16.4. The van der Waals surface area contributed by atoms with Crippen LogP contribution in [0.15, 0.2) is 6.07 Å². The van der Waals surface area contributed by atoms with Crippen LogP contribution in [0.25, 0.3) is 10.2 Å². The third kappa shape index (κ3) is 3.52. The fourth-order valence-corrected chi connectivity index (χ4v) is 4.75. The maximum absolute atomic E-state index is 12.3. The van der Waals surface area contributed by atoms with Gasteiger partial charge in [0.15, 0.2) is 12.4 Å². The Morgan fingerprint density at radius 1 is 1.20 bits per heavy atom. The van der Waals surface area contributed by atoms with Gasteiger partial charge in [0.2, 0.25) is 0 Å². The number of nitrogens with two attached hydrogens (primary N) is 1. The van der Waals surface area contributed by atoms with Crippen molar-refractivity contribution < 1.29 is 9.53 Å². The summed E-state index contributed by atoms with van der Waals surface area (Å²) in [5, 5.41) is 0.899. The van der Waals surface area contributed by atoms with Crippen LogP contribution in [0.1, 0.15) is 49.7 Å². The fourth-order valence-electron chi connectivity index (χ4n) is 2.73. The third-order valence-electron chi connectivity index (χ3n) is 4.18. The zero-order chi connectivity index (χ0) is 18.1. The Bertz CT molecular complexity index is 944. The summed E-state index contributed by atoms with van der Waals surface area (Å²) in [4.78, 5) is 24.9. The van der Waals surface area contributed by atoms with E-state index in [0.717, 1.165) is 28.6 Å². The molecule has 2 N–H and O–H groups in total. The Morgan fingerprint density at radius 2 is 1.96 bits per heavy atom. The molecule has 25 heavy (non-hydrogen) atoms. The highest BCUT2D eigenvalue weighted by atomic mass is 32.1. The molecule has 0 fully saturated rings. The van der Waals surface area contributed by atoms with Crippen LogP contribution in [0, 0.1) is 20.8 Å². The predicted molar refractivity (Wildman–Crippen MR) is 103 cm³/mol. The first kappa shape index (κ1) is 17.8. The predicted octanol–water partition coefficient (Wildman–Crippen LogP) is 4.57. The average molecular weight is 376 g/mol. The van der Waals surface area contributed by atoms with Crippen molar-refractivity contribution in [3.63, 3.8) is 0 Å². The van der Waals surface area contributed by atoms with Gasteiger partial charge in [-0.15, -0.1) is 22.7 Å². The van der Waals surface area contributed by atoms with Gasteiger partial charge in [-0.3, -0.25) is 0 Å². The maximum Gasteiger partial charge on any atom is 0.348 e. The first-order chi connectivity index (χ1) is 11.9. The lowest BCUT2D eigenvalue weighted by atomic mass is 10.1. The maximum atomic E-state index is 12.3. The number of aromatic nitrogens is 2. The molecular formula is C18H21N3O2S2. The summed E-state index contributed by atoms with van der Waals surface area (Å²) in [5.74, 6) is 0.535. The van der Waals surface area contributed by atoms with Crippen LogP contribution in [-0.4, -0.2) is 15.9 Å². The largest absolute Gasteiger partial charge is 0.453 e. The minimum Gasteiger partial charge on any atom is -0.453 e. The SMILES string of the molecule is CCCc1cc(C(=O)OCc2nc(N)c3c(C)c(C)sc3n2)sc1C. The number of nitrogens with zero attached hydrogens (tertiary/aromatic N) is 2. The van der Waals surface area contributed by atoms with Gasteiger partial charge in [-0.25, -0.2) is 14.8 Å². The number of nitrogen functional groups attached to an aromatic ring is 1. The van der Waals surface area contributed by atoms with Crippen LogP contribution in [0.5, 0.6) is 0 Å². The van der Waals surface area contributed by atoms with E-state index in [2.05, 4.69) is 16.9 Å². The molecule has 0 aliphatic heterocycles. The Labute approximate surface area is 154 Å². The molecule has 0 bridgehead atoms. The number of esters is 1. The van der Waals surface area contributed by atoms with E-state index in [1.54, 1.807) is 11.3 Å². The summed E-state index contributed by atoms with van der Waals surface area (Å²) in [6.07, 6.45) is 2.03. The van der Waals surface area contributed by atoms with E-state index in [4.69, 9.17) is 10.5 Å². The summed E-state index contributed by atoms with van der Waals surface area (Å²) >= 11 is 3.05. The van der Waals surface area contributed by atoms with E-state index in [1.165, 1.54) is 26.7 Å². The fraction of sp³-hybridized carbons (Fsp3) is 0.389. The topological polar surface area (TPSA) is 78.1 Å². The number of ether oxygens (including phenoxy) is 1. The second-order valence-corrected chi connectivity index (χ2v) is 8.47. The van der Waals surface area contributed by atoms with Crippen molar-refractivity contribution in [2.75, 3.05) is 5.73 Å². The molecule has 0 radical (unpaired) electrons. The lowest BCUT2D eigenvalue weighted by Gasteiger charge is -2.04. The van der Waals surface area contributed by atoms with Gasteiger partial charge in [-0.2, -0.15) is 0 Å². The molecule has 3 aromatic heterocycles. The number of aryl methyl sites for hydroxylation is 4. The van der Waals surface area contributed by atoms with Crippen molar-refractivity contribution in [3.05, 3.63) is 37.6 Å². The second-order valence-electron chi connectivity index (χ2n) is 6.01. The van der Waals surface area contributed by atoms with Gasteiger partial charge < -0.3 is 10.5 Å². The molecule has 5 nitrogen and oxygen atoms in total. The molecule has 0 saturated heterocycles. The van der Waals surface area contributed by atoms with Crippen LogP contribution in [0.4, 0.5) is 5.82 Å². The molecule has 3 heterocycles. The van der Waals surface area contributed by atoms with Crippen molar-refractivity contribution in [3.8, 4) is 0 Å². The molecule has 0 amide bonds. The first-order valence-electron chi connectivity index (χ1n) is 8.19. The number of carbonyl (C=O) groups is 1. The van der Waals surface area contributed by atoms with Gasteiger partial charge >= 0.3 is 5.97 Å². The lowest BCUT2D eigenvalue weighted by Crippen LogP contribution is -2.07. The number of carbonyl (C=O) groups excluding carboxylic acids is 1. The van der Waals surface area contributed by atoms with Crippen molar-refractivity contribution in [1.82, 2.24) is 9.97 Å². The molecule has 0 unspecified atom stereocenters. The quantitative estimate of drug-likeness (QED) is 0.661. The second kappa shape index (κ2) is 7.09. The minimum absolute atomic E-state index is 0.0228. The van der Waals surface area contributed by atoms with Gasteiger partial charge in [0.1, 0.15) is 15.5 Å². The van der Waals surface area contributed by atoms with Gasteiger partial charge in [-0.05, 0) is 44.4 Å². The smallest absolute Gasteiger partial charge is 0.348 e. The summed E-state index contributed by atoms with van der Waals surface area (Å²) in [6, 6.07) is 1.93. The van der Waals surface area contributed by atoms with Crippen molar-refractivity contribution in [2.24, 2.45) is 0 Å². The molecule has 0 spiro atoms. The van der Waals surface area contributed by atoms with Crippen LogP contribution in [-0.2, 0) is 17.8 Å². The molecule has 3 rings (SSSR count). The third-order valence-corrected chi connectivity index (χ3v) is 6.35. The number of fused-ring (bicyclic) bond motifs is 1. The molecule has 7 heteroatoms. The summed E-state index contributed by atoms with van der Waals surface area (Å²) < 4.78 is 5.40. The van der Waals surface area contributed by atoms with Crippen molar-refractivity contribution >= 4 is 44.7 Å². The van der Waals surface area contributed by atoms with E-state index in [1.807, 2.05) is 26.8 Å². The number of rotatable bonds is 5. The minimum atomic E-state index is -0.337. The molecule has 0 aromatic carbocycles. The standard InChI is InChI=1S/C18H21N3O2S2/c1-5-6-12-7-13(24-11(12)4)18(22)23-8-14-20-16(19)15-9(2)10(3)25-17(15)21-14/h7H,5-6,8H2,1-4H3,(H2,19,20,21). The molecule has 0 aliphatic rings. The number of hydrogen-bond donors (Lipinski definition) is 1. The lowest BCUT2D eigenvalue weighted by molar-refractivity contribution is 0.0468. The average Bonchev–Trinajstić information content (AvgIpc) is 3.06. The zero-order valence-electron chi connectivity index (χ0n) is 14.8.